The summed E-state index contributed by atoms with van der Waals surface area (Å²) in [4.78, 5) is 23.2. The van der Waals surface area contributed by atoms with Crippen LogP contribution >= 0.6 is 23.4 Å². The Balaban J connectivity index is 2.10. The third-order valence-electron chi connectivity index (χ3n) is 3.73. The molecular weight excluding hydrogens is 368 g/mol. The molecule has 0 saturated heterocycles. The number of carbonyl (C=O) groups excluding carboxylic acids is 1. The molecule has 5 nitrogen and oxygen atoms in total. The Hall–Kier alpha value is -1.79. The first-order valence-electron chi connectivity index (χ1n) is 8.75. The molecule has 0 saturated carbocycles. The molecule has 1 aromatic heterocycles. The second-order valence-electron chi connectivity index (χ2n) is 6.12. The average Bonchev–Trinajstić information content (AvgIpc) is 2.60. The van der Waals surface area contributed by atoms with Crippen molar-refractivity contribution in [2.45, 2.75) is 44.6 Å². The van der Waals surface area contributed by atoms with Gasteiger partial charge >= 0.3 is 0 Å². The number of nitrogens with one attached hydrogen (secondary N) is 1. The Morgan fingerprint density at radius 3 is 2.62 bits per heavy atom. The lowest BCUT2D eigenvalue weighted by atomic mass is 10.1. The normalized spacial score (nSPS) is 10.8. The van der Waals surface area contributed by atoms with E-state index in [1.165, 1.54) is 11.8 Å². The molecule has 2 rings (SSSR count). The molecule has 2 aromatic rings. The summed E-state index contributed by atoms with van der Waals surface area (Å²) < 4.78 is 0. The van der Waals surface area contributed by atoms with Gasteiger partial charge in [-0.15, -0.1) is 0 Å². The van der Waals surface area contributed by atoms with E-state index < -0.39 is 0 Å². The third kappa shape index (κ3) is 5.88. The number of benzene rings is 1. The van der Waals surface area contributed by atoms with Gasteiger partial charge in [0.2, 0.25) is 0 Å². The summed E-state index contributed by atoms with van der Waals surface area (Å²) in [5.41, 5.74) is 1.70. The van der Waals surface area contributed by atoms with Gasteiger partial charge < -0.3 is 10.2 Å². The van der Waals surface area contributed by atoms with Crippen molar-refractivity contribution in [3.8, 4) is 0 Å². The molecule has 0 spiro atoms. The monoisotopic (exact) mass is 392 g/mol. The van der Waals surface area contributed by atoms with E-state index in [2.05, 4.69) is 34.0 Å². The van der Waals surface area contributed by atoms with Crippen molar-refractivity contribution in [1.82, 2.24) is 15.3 Å². The van der Waals surface area contributed by atoms with E-state index in [-0.39, 0.29) is 11.9 Å². The number of hydrogen-bond donors (Lipinski definition) is 1. The van der Waals surface area contributed by atoms with E-state index in [9.17, 15) is 4.79 Å². The molecule has 7 heteroatoms. The lowest BCUT2D eigenvalue weighted by Gasteiger charge is -2.20. The molecule has 0 atom stereocenters. The van der Waals surface area contributed by atoms with Crippen LogP contribution in [0.15, 0.2) is 35.5 Å². The number of hydrogen-bond acceptors (Lipinski definition) is 5. The van der Waals surface area contributed by atoms with E-state index >= 15 is 0 Å². The molecule has 0 radical (unpaired) electrons. The molecule has 0 bridgehead atoms. The maximum absolute atomic E-state index is 12.1. The third-order valence-corrected chi connectivity index (χ3v) is 4.84. The van der Waals surface area contributed by atoms with Crippen molar-refractivity contribution in [2.75, 3.05) is 18.0 Å². The van der Waals surface area contributed by atoms with Crippen molar-refractivity contribution in [1.29, 1.82) is 0 Å². The molecule has 1 amide bonds. The number of carbonyl (C=O) groups is 1. The van der Waals surface area contributed by atoms with Gasteiger partial charge in [-0.3, -0.25) is 4.79 Å². The van der Waals surface area contributed by atoms with Crippen LogP contribution in [0.2, 0.25) is 5.15 Å². The lowest BCUT2D eigenvalue weighted by Crippen LogP contribution is -2.30. The van der Waals surface area contributed by atoms with Crippen LogP contribution in [0.5, 0.6) is 0 Å². The van der Waals surface area contributed by atoms with Crippen LogP contribution in [0, 0.1) is 0 Å². The van der Waals surface area contributed by atoms with Crippen molar-refractivity contribution in [2.24, 2.45) is 0 Å². The SMILES string of the molecule is CCN(CC)c1cc(Cl)nc(SCc2cccc(C(=O)NC(C)C)c2)n1. The Kier molecular flexibility index (Phi) is 7.72. The molecule has 0 unspecified atom stereocenters. The van der Waals surface area contributed by atoms with Gasteiger partial charge in [-0.25, -0.2) is 9.97 Å². The van der Waals surface area contributed by atoms with E-state index in [1.54, 1.807) is 6.07 Å². The van der Waals surface area contributed by atoms with Gasteiger partial charge in [0.25, 0.3) is 5.91 Å². The maximum Gasteiger partial charge on any atom is 0.251 e. The predicted molar refractivity (Wildman–Crippen MR) is 109 cm³/mol. The maximum atomic E-state index is 12.1. The van der Waals surface area contributed by atoms with Crippen LogP contribution < -0.4 is 10.2 Å². The highest BCUT2D eigenvalue weighted by atomic mass is 35.5. The van der Waals surface area contributed by atoms with Crippen LogP contribution in [0.3, 0.4) is 0 Å². The van der Waals surface area contributed by atoms with E-state index in [1.807, 2.05) is 38.1 Å². The van der Waals surface area contributed by atoms with Gasteiger partial charge in [-0.2, -0.15) is 0 Å². The first-order chi connectivity index (χ1) is 12.4. The lowest BCUT2D eigenvalue weighted by molar-refractivity contribution is 0.0943. The largest absolute Gasteiger partial charge is 0.357 e. The standard InChI is InChI=1S/C19H25ClN4OS/c1-5-24(6-2)17-11-16(20)22-19(23-17)26-12-14-8-7-9-15(10-14)18(25)21-13(3)4/h7-11,13H,5-6,12H2,1-4H3,(H,21,25). The Morgan fingerprint density at radius 1 is 1.23 bits per heavy atom. The second-order valence-corrected chi connectivity index (χ2v) is 7.45. The summed E-state index contributed by atoms with van der Waals surface area (Å²) in [5, 5.41) is 3.98. The van der Waals surface area contributed by atoms with Crippen LogP contribution in [0.1, 0.15) is 43.6 Å². The van der Waals surface area contributed by atoms with Crippen molar-refractivity contribution >= 4 is 35.1 Å². The molecule has 0 aliphatic carbocycles. The van der Waals surface area contributed by atoms with Gasteiger partial charge in [-0.1, -0.05) is 35.5 Å². The minimum atomic E-state index is -0.0605. The minimum Gasteiger partial charge on any atom is -0.357 e. The molecule has 0 aliphatic rings. The zero-order valence-electron chi connectivity index (χ0n) is 15.6. The fourth-order valence-electron chi connectivity index (χ4n) is 2.46. The highest BCUT2D eigenvalue weighted by Gasteiger charge is 2.11. The topological polar surface area (TPSA) is 58.1 Å². The minimum absolute atomic E-state index is 0.0605. The number of amides is 1. The van der Waals surface area contributed by atoms with Crippen molar-refractivity contribution < 1.29 is 4.79 Å². The number of nitrogens with zero attached hydrogens (tertiary/aromatic N) is 3. The zero-order valence-corrected chi connectivity index (χ0v) is 17.2. The quantitative estimate of drug-likeness (QED) is 0.409. The van der Waals surface area contributed by atoms with Crippen LogP contribution in [-0.4, -0.2) is 35.0 Å². The summed E-state index contributed by atoms with van der Waals surface area (Å²) in [6.07, 6.45) is 0. The van der Waals surface area contributed by atoms with E-state index in [0.717, 1.165) is 24.5 Å². The molecule has 1 aromatic carbocycles. The predicted octanol–water partition coefficient (Wildman–Crippen LogP) is 4.41. The summed E-state index contributed by atoms with van der Waals surface area (Å²) in [7, 11) is 0. The van der Waals surface area contributed by atoms with Gasteiger partial charge in [-0.05, 0) is 45.4 Å². The van der Waals surface area contributed by atoms with Gasteiger partial charge in [0, 0.05) is 36.5 Å². The summed E-state index contributed by atoms with van der Waals surface area (Å²) in [6, 6.07) is 9.51. The van der Waals surface area contributed by atoms with Crippen molar-refractivity contribution in [3.05, 3.63) is 46.6 Å². The number of halogens is 1. The first-order valence-corrected chi connectivity index (χ1v) is 10.1. The molecule has 1 heterocycles. The van der Waals surface area contributed by atoms with Gasteiger partial charge in [0.15, 0.2) is 5.16 Å². The van der Waals surface area contributed by atoms with Crippen molar-refractivity contribution in [3.63, 3.8) is 0 Å². The molecule has 0 aliphatic heterocycles. The number of anilines is 1. The second kappa shape index (κ2) is 9.78. The molecule has 0 fully saturated rings. The molecular formula is C19H25ClN4OS. The van der Waals surface area contributed by atoms with E-state index in [0.29, 0.717) is 21.6 Å². The highest BCUT2D eigenvalue weighted by molar-refractivity contribution is 7.98. The number of rotatable bonds is 8. The summed E-state index contributed by atoms with van der Waals surface area (Å²) in [6.45, 7) is 9.78. The smallest absolute Gasteiger partial charge is 0.251 e. The first kappa shape index (κ1) is 20.5. The van der Waals surface area contributed by atoms with Crippen LogP contribution in [0.4, 0.5) is 5.82 Å². The Morgan fingerprint density at radius 2 is 1.96 bits per heavy atom. The fourth-order valence-corrected chi connectivity index (χ4v) is 3.48. The fraction of sp³-hybridized carbons (Fsp3) is 0.421. The number of aromatic nitrogens is 2. The number of thioether (sulfide) groups is 1. The van der Waals surface area contributed by atoms with Crippen LogP contribution in [0.25, 0.3) is 0 Å². The summed E-state index contributed by atoms with van der Waals surface area (Å²) in [5.74, 6) is 1.44. The van der Waals surface area contributed by atoms with Crippen LogP contribution in [-0.2, 0) is 5.75 Å². The Bertz CT molecular complexity index is 750. The Labute approximate surface area is 164 Å². The average molecular weight is 393 g/mol. The van der Waals surface area contributed by atoms with Gasteiger partial charge in [0.1, 0.15) is 11.0 Å². The molecule has 26 heavy (non-hydrogen) atoms. The summed E-state index contributed by atoms with van der Waals surface area (Å²) >= 11 is 7.67. The molecule has 1 N–H and O–H groups in total. The van der Waals surface area contributed by atoms with Gasteiger partial charge in [0.05, 0.1) is 0 Å². The zero-order chi connectivity index (χ0) is 19.1. The van der Waals surface area contributed by atoms with E-state index in [4.69, 9.17) is 11.6 Å². The highest BCUT2D eigenvalue weighted by Crippen LogP contribution is 2.25. The molecule has 140 valence electrons.